The van der Waals surface area contributed by atoms with Crippen LogP contribution < -0.4 is 0 Å². The molecule has 0 unspecified atom stereocenters. The predicted octanol–water partition coefficient (Wildman–Crippen LogP) is 4.34. The number of hydrogen-bond acceptors (Lipinski definition) is 3. The molecule has 150 valence electrons. The van der Waals surface area contributed by atoms with Crippen LogP contribution in [0.25, 0.3) is 5.82 Å². The van der Waals surface area contributed by atoms with Crippen molar-refractivity contribution >= 4 is 5.91 Å². The van der Waals surface area contributed by atoms with E-state index in [9.17, 15) is 4.79 Å². The molecule has 0 N–H and O–H groups in total. The van der Waals surface area contributed by atoms with Gasteiger partial charge in [0.25, 0.3) is 0 Å². The van der Waals surface area contributed by atoms with Gasteiger partial charge in [-0.2, -0.15) is 0 Å². The summed E-state index contributed by atoms with van der Waals surface area (Å²) >= 11 is 0. The molecule has 1 amide bonds. The number of pyridine rings is 1. The molecule has 1 aromatic carbocycles. The van der Waals surface area contributed by atoms with Crippen molar-refractivity contribution in [3.63, 3.8) is 0 Å². The Hall–Kier alpha value is -2.95. The van der Waals surface area contributed by atoms with E-state index in [1.807, 2.05) is 53.7 Å². The van der Waals surface area contributed by atoms with E-state index in [0.29, 0.717) is 12.3 Å². The summed E-state index contributed by atoms with van der Waals surface area (Å²) in [5, 5.41) is 0. The quantitative estimate of drug-likeness (QED) is 0.653. The van der Waals surface area contributed by atoms with Gasteiger partial charge in [-0.1, -0.05) is 50.2 Å². The van der Waals surface area contributed by atoms with Crippen molar-refractivity contribution in [1.82, 2.24) is 19.4 Å². The van der Waals surface area contributed by atoms with Gasteiger partial charge in [0.1, 0.15) is 11.6 Å². The van der Waals surface area contributed by atoms with Gasteiger partial charge in [-0.05, 0) is 30.5 Å². The third-order valence-corrected chi connectivity index (χ3v) is 5.58. The molecule has 1 aliphatic heterocycles. The van der Waals surface area contributed by atoms with Gasteiger partial charge in [-0.25, -0.2) is 9.97 Å². The lowest BCUT2D eigenvalue weighted by molar-refractivity contribution is -0.131. The monoisotopic (exact) mass is 388 g/mol. The van der Waals surface area contributed by atoms with Gasteiger partial charge < -0.3 is 4.90 Å². The van der Waals surface area contributed by atoms with E-state index in [2.05, 4.69) is 35.5 Å². The summed E-state index contributed by atoms with van der Waals surface area (Å²) in [6.45, 7) is 5.85. The first kappa shape index (κ1) is 19.4. The standard InChI is InChI=1S/C24H28N4O/c1-18(2)24-25-13-15-28(24)22-12-6-11-21(26-22)20-10-7-14-27(17-20)23(29)16-19-8-4-3-5-9-19/h3-6,8-9,11-13,15,18,20H,7,10,14,16-17H2,1-2H3/t20-/m1/s1. The SMILES string of the molecule is CC(C)c1nccn1-c1cccc([C@@H]2CCCN(C(=O)Cc3ccccc3)C2)n1. The summed E-state index contributed by atoms with van der Waals surface area (Å²) in [5.74, 6) is 2.72. The Balaban J connectivity index is 1.50. The largest absolute Gasteiger partial charge is 0.342 e. The van der Waals surface area contributed by atoms with Crippen LogP contribution in [0.1, 0.15) is 55.6 Å². The van der Waals surface area contributed by atoms with Crippen LogP contribution in [-0.4, -0.2) is 38.4 Å². The number of carbonyl (C=O) groups excluding carboxylic acids is 1. The van der Waals surface area contributed by atoms with E-state index in [1.165, 1.54) is 0 Å². The van der Waals surface area contributed by atoms with Crippen molar-refractivity contribution in [2.45, 2.75) is 44.9 Å². The minimum atomic E-state index is 0.203. The Morgan fingerprint density at radius 3 is 2.76 bits per heavy atom. The van der Waals surface area contributed by atoms with Gasteiger partial charge in [0.15, 0.2) is 0 Å². The van der Waals surface area contributed by atoms with Crippen LogP contribution in [-0.2, 0) is 11.2 Å². The summed E-state index contributed by atoms with van der Waals surface area (Å²) in [4.78, 5) is 24.2. The lowest BCUT2D eigenvalue weighted by Crippen LogP contribution is -2.40. The average molecular weight is 389 g/mol. The summed E-state index contributed by atoms with van der Waals surface area (Å²) in [6, 6.07) is 16.2. The van der Waals surface area contributed by atoms with Crippen LogP contribution in [0.15, 0.2) is 60.9 Å². The van der Waals surface area contributed by atoms with Gasteiger partial charge in [-0.3, -0.25) is 9.36 Å². The van der Waals surface area contributed by atoms with E-state index < -0.39 is 0 Å². The summed E-state index contributed by atoms with van der Waals surface area (Å²) in [6.07, 6.45) is 6.34. The fourth-order valence-corrected chi connectivity index (χ4v) is 4.06. The van der Waals surface area contributed by atoms with E-state index in [1.54, 1.807) is 0 Å². The molecule has 4 rings (SSSR count). The molecule has 5 heteroatoms. The molecule has 1 atom stereocenters. The Bertz CT molecular complexity index is 964. The van der Waals surface area contributed by atoms with E-state index in [0.717, 1.165) is 48.8 Å². The Labute approximate surface area is 172 Å². The van der Waals surface area contributed by atoms with Gasteiger partial charge in [0, 0.05) is 43.0 Å². The molecule has 3 aromatic rings. The number of nitrogens with zero attached hydrogens (tertiary/aromatic N) is 4. The minimum absolute atomic E-state index is 0.203. The van der Waals surface area contributed by atoms with Crippen LogP contribution in [0.5, 0.6) is 0 Å². The molecule has 1 fully saturated rings. The molecule has 0 saturated carbocycles. The highest BCUT2D eigenvalue weighted by atomic mass is 16.2. The number of amides is 1. The van der Waals surface area contributed by atoms with Gasteiger partial charge in [-0.15, -0.1) is 0 Å². The van der Waals surface area contributed by atoms with Crippen LogP contribution in [0.3, 0.4) is 0 Å². The topological polar surface area (TPSA) is 51.0 Å². The third kappa shape index (κ3) is 4.39. The van der Waals surface area contributed by atoms with Gasteiger partial charge in [0.2, 0.25) is 5.91 Å². The second-order valence-electron chi connectivity index (χ2n) is 8.07. The number of likely N-dealkylation sites (tertiary alicyclic amines) is 1. The average Bonchev–Trinajstić information content (AvgIpc) is 3.25. The van der Waals surface area contributed by atoms with Crippen molar-refractivity contribution < 1.29 is 4.79 Å². The summed E-state index contributed by atoms with van der Waals surface area (Å²) in [5.41, 5.74) is 2.13. The molecule has 0 spiro atoms. The van der Waals surface area contributed by atoms with Gasteiger partial charge in [0.05, 0.1) is 6.42 Å². The first-order valence-corrected chi connectivity index (χ1v) is 10.4. The molecule has 0 radical (unpaired) electrons. The molecule has 1 aliphatic rings. The first-order valence-electron chi connectivity index (χ1n) is 10.4. The number of hydrogen-bond donors (Lipinski definition) is 0. The summed E-state index contributed by atoms with van der Waals surface area (Å²) in [7, 11) is 0. The van der Waals surface area contributed by atoms with Crippen LogP contribution in [0.2, 0.25) is 0 Å². The molecule has 29 heavy (non-hydrogen) atoms. The van der Waals surface area contributed by atoms with Crippen LogP contribution >= 0.6 is 0 Å². The number of rotatable bonds is 5. The highest BCUT2D eigenvalue weighted by molar-refractivity contribution is 5.79. The van der Waals surface area contributed by atoms with Gasteiger partial charge >= 0.3 is 0 Å². The van der Waals surface area contributed by atoms with Crippen molar-refractivity contribution in [3.8, 4) is 5.82 Å². The second-order valence-corrected chi connectivity index (χ2v) is 8.07. The number of benzene rings is 1. The maximum absolute atomic E-state index is 12.8. The molecule has 0 bridgehead atoms. The smallest absolute Gasteiger partial charge is 0.227 e. The van der Waals surface area contributed by atoms with Crippen molar-refractivity contribution in [1.29, 1.82) is 0 Å². The zero-order chi connectivity index (χ0) is 20.2. The number of imidazole rings is 1. The Morgan fingerprint density at radius 1 is 1.14 bits per heavy atom. The Kier molecular flexibility index (Phi) is 5.74. The molecule has 3 heterocycles. The van der Waals surface area contributed by atoms with Crippen molar-refractivity contribution in [3.05, 3.63) is 78.0 Å². The molecule has 2 aromatic heterocycles. The normalized spacial score (nSPS) is 16.9. The van der Waals surface area contributed by atoms with Crippen LogP contribution in [0, 0.1) is 0 Å². The minimum Gasteiger partial charge on any atom is -0.342 e. The number of piperidine rings is 1. The molecule has 0 aliphatic carbocycles. The van der Waals surface area contributed by atoms with E-state index in [4.69, 9.17) is 4.98 Å². The van der Waals surface area contributed by atoms with E-state index >= 15 is 0 Å². The highest BCUT2D eigenvalue weighted by Crippen LogP contribution is 2.27. The number of aromatic nitrogens is 3. The molecule has 5 nitrogen and oxygen atoms in total. The maximum atomic E-state index is 12.8. The predicted molar refractivity (Wildman–Crippen MR) is 114 cm³/mol. The first-order chi connectivity index (χ1) is 14.1. The number of carbonyl (C=O) groups is 1. The van der Waals surface area contributed by atoms with E-state index in [-0.39, 0.29) is 11.8 Å². The van der Waals surface area contributed by atoms with Crippen molar-refractivity contribution in [2.75, 3.05) is 13.1 Å². The second kappa shape index (κ2) is 8.60. The fourth-order valence-electron chi connectivity index (χ4n) is 4.06. The Morgan fingerprint density at radius 2 is 1.97 bits per heavy atom. The zero-order valence-corrected chi connectivity index (χ0v) is 17.2. The molecular formula is C24H28N4O. The fraction of sp³-hybridized carbons (Fsp3) is 0.375. The van der Waals surface area contributed by atoms with Crippen molar-refractivity contribution in [2.24, 2.45) is 0 Å². The molecule has 1 saturated heterocycles. The zero-order valence-electron chi connectivity index (χ0n) is 17.2. The summed E-state index contributed by atoms with van der Waals surface area (Å²) < 4.78 is 2.06. The molecular weight excluding hydrogens is 360 g/mol. The van der Waals surface area contributed by atoms with Crippen LogP contribution in [0.4, 0.5) is 0 Å². The lowest BCUT2D eigenvalue weighted by Gasteiger charge is -2.32. The maximum Gasteiger partial charge on any atom is 0.227 e. The lowest BCUT2D eigenvalue weighted by atomic mass is 9.93. The third-order valence-electron chi connectivity index (χ3n) is 5.58. The highest BCUT2D eigenvalue weighted by Gasteiger charge is 2.26.